The Morgan fingerprint density at radius 1 is 1.29 bits per heavy atom. The van der Waals surface area contributed by atoms with Crippen LogP contribution in [-0.2, 0) is 0 Å². The van der Waals surface area contributed by atoms with Gasteiger partial charge in [-0.15, -0.1) is 0 Å². The van der Waals surface area contributed by atoms with E-state index in [1.807, 2.05) is 0 Å². The number of rotatable bonds is 6. The smallest absolute Gasteiger partial charge is 0.230 e. The Bertz CT molecular complexity index is 763. The molecule has 24 heavy (non-hydrogen) atoms. The summed E-state index contributed by atoms with van der Waals surface area (Å²) in [4.78, 5) is 12.4. The minimum atomic E-state index is -0.557. The lowest BCUT2D eigenvalue weighted by Crippen LogP contribution is -2.08. The highest BCUT2D eigenvalue weighted by molar-refractivity contribution is 5.58. The number of nitrogens with one attached hydrogen (secondary N) is 2. The molecule has 2 aromatic heterocycles. The Balaban J connectivity index is 1.79. The third-order valence-electron chi connectivity index (χ3n) is 3.39. The molecule has 1 fully saturated rings. The monoisotopic (exact) mass is 326 g/mol. The summed E-state index contributed by atoms with van der Waals surface area (Å²) in [7, 11) is 0. The highest BCUT2D eigenvalue weighted by Crippen LogP contribution is 2.26. The second-order valence-electron chi connectivity index (χ2n) is 5.54. The van der Waals surface area contributed by atoms with E-state index < -0.39 is 5.95 Å². The molecule has 1 aliphatic carbocycles. The second-order valence-corrected chi connectivity index (χ2v) is 5.54. The van der Waals surface area contributed by atoms with Gasteiger partial charge in [-0.2, -0.15) is 9.37 Å². The lowest BCUT2D eigenvalue weighted by Gasteiger charge is -2.09. The second kappa shape index (κ2) is 7.70. The minimum Gasteiger partial charge on any atom is -0.366 e. The van der Waals surface area contributed by atoms with E-state index in [1.165, 1.54) is 6.07 Å². The molecule has 0 atom stereocenters. The molecule has 0 spiro atoms. The lowest BCUT2D eigenvalue weighted by molar-refractivity contribution is 0.585. The number of hydrogen-bond acceptors (Lipinski definition) is 6. The van der Waals surface area contributed by atoms with Crippen molar-refractivity contribution in [2.75, 3.05) is 17.2 Å². The zero-order valence-electron chi connectivity index (χ0n) is 13.2. The summed E-state index contributed by atoms with van der Waals surface area (Å²) in [6, 6.07) is 4.95. The van der Waals surface area contributed by atoms with Crippen molar-refractivity contribution in [1.29, 1.82) is 0 Å². The van der Waals surface area contributed by atoms with Crippen LogP contribution in [0.4, 0.5) is 22.0 Å². The van der Waals surface area contributed by atoms with Crippen molar-refractivity contribution >= 4 is 17.6 Å². The van der Waals surface area contributed by atoms with E-state index in [4.69, 9.17) is 5.73 Å². The highest BCUT2D eigenvalue weighted by Gasteiger charge is 2.22. The number of aromatic nitrogens is 3. The van der Waals surface area contributed by atoms with Crippen LogP contribution in [0.15, 0.2) is 24.4 Å². The number of hydrogen-bond donors (Lipinski definition) is 3. The zero-order chi connectivity index (χ0) is 16.8. The maximum absolute atomic E-state index is 13.2. The van der Waals surface area contributed by atoms with Crippen molar-refractivity contribution in [1.82, 2.24) is 15.0 Å². The van der Waals surface area contributed by atoms with E-state index in [0.29, 0.717) is 30.2 Å². The first-order chi connectivity index (χ1) is 11.7. The summed E-state index contributed by atoms with van der Waals surface area (Å²) in [5, 5.41) is 6.25. The van der Waals surface area contributed by atoms with Gasteiger partial charge in [-0.1, -0.05) is 17.9 Å². The molecular formula is C17H19FN6. The number of nitrogens with two attached hydrogens (primary N) is 1. The lowest BCUT2D eigenvalue weighted by atomic mass is 10.2. The SMILES string of the molecule is NCCCC#Cc1cnc(Nc2cccc(F)n2)nc1NC1CC1. The quantitative estimate of drug-likeness (QED) is 0.429. The maximum Gasteiger partial charge on any atom is 0.230 e. The third-order valence-corrected chi connectivity index (χ3v) is 3.39. The standard InChI is InChI=1S/C17H19FN6/c18-14-6-4-7-15(22-14)23-17-20-11-12(5-2-1-3-10-19)16(24-17)21-13-8-9-13/h4,6-7,11,13H,1,3,8-10,19H2,(H2,20,21,22,23,24). The van der Waals surface area contributed by atoms with Crippen LogP contribution in [0, 0.1) is 17.8 Å². The van der Waals surface area contributed by atoms with Gasteiger partial charge in [-0.05, 0) is 37.9 Å². The molecule has 0 bridgehead atoms. The molecule has 0 unspecified atom stereocenters. The molecule has 1 aliphatic rings. The first-order valence-corrected chi connectivity index (χ1v) is 7.96. The fraction of sp³-hybridized carbons (Fsp3) is 0.353. The van der Waals surface area contributed by atoms with E-state index in [-0.39, 0.29) is 0 Å². The van der Waals surface area contributed by atoms with Crippen molar-refractivity contribution in [2.24, 2.45) is 5.73 Å². The molecule has 0 radical (unpaired) electrons. The van der Waals surface area contributed by atoms with Crippen molar-refractivity contribution < 1.29 is 4.39 Å². The Labute approximate surface area is 140 Å². The van der Waals surface area contributed by atoms with Crippen LogP contribution >= 0.6 is 0 Å². The average molecular weight is 326 g/mol. The van der Waals surface area contributed by atoms with E-state index in [1.54, 1.807) is 18.3 Å². The molecule has 1 saturated carbocycles. The summed E-state index contributed by atoms with van der Waals surface area (Å²) in [5.41, 5.74) is 6.22. The minimum absolute atomic E-state index is 0.351. The highest BCUT2D eigenvalue weighted by atomic mass is 19.1. The van der Waals surface area contributed by atoms with Crippen LogP contribution in [0.2, 0.25) is 0 Å². The topological polar surface area (TPSA) is 88.8 Å². The molecule has 7 heteroatoms. The third kappa shape index (κ3) is 4.64. The number of halogens is 1. The first-order valence-electron chi connectivity index (χ1n) is 7.96. The van der Waals surface area contributed by atoms with Gasteiger partial charge in [0.25, 0.3) is 0 Å². The number of unbranched alkanes of at least 4 members (excludes halogenated alkanes) is 1. The van der Waals surface area contributed by atoms with E-state index in [9.17, 15) is 4.39 Å². The summed E-state index contributed by atoms with van der Waals surface area (Å²) in [5.74, 6) is 7.00. The van der Waals surface area contributed by atoms with Crippen LogP contribution in [0.3, 0.4) is 0 Å². The van der Waals surface area contributed by atoms with Crippen molar-refractivity contribution in [3.8, 4) is 11.8 Å². The molecule has 3 rings (SSSR count). The van der Waals surface area contributed by atoms with Gasteiger partial charge >= 0.3 is 0 Å². The van der Waals surface area contributed by atoms with Gasteiger partial charge < -0.3 is 16.4 Å². The summed E-state index contributed by atoms with van der Waals surface area (Å²) in [6.07, 6.45) is 5.52. The largest absolute Gasteiger partial charge is 0.366 e. The van der Waals surface area contributed by atoms with Crippen LogP contribution in [0.25, 0.3) is 0 Å². The van der Waals surface area contributed by atoms with Gasteiger partial charge in [0, 0.05) is 12.5 Å². The van der Waals surface area contributed by atoms with Gasteiger partial charge in [0.15, 0.2) is 0 Å². The van der Waals surface area contributed by atoms with Gasteiger partial charge in [-0.3, -0.25) is 0 Å². The number of nitrogens with zero attached hydrogens (tertiary/aromatic N) is 3. The molecule has 124 valence electrons. The van der Waals surface area contributed by atoms with Crippen molar-refractivity contribution in [3.63, 3.8) is 0 Å². The Kier molecular flexibility index (Phi) is 5.18. The molecule has 0 amide bonds. The molecular weight excluding hydrogens is 307 g/mol. The van der Waals surface area contributed by atoms with E-state index in [2.05, 4.69) is 37.4 Å². The van der Waals surface area contributed by atoms with Gasteiger partial charge in [0.2, 0.25) is 11.9 Å². The fourth-order valence-electron chi connectivity index (χ4n) is 2.01. The average Bonchev–Trinajstić information content (AvgIpc) is 3.37. The molecule has 6 nitrogen and oxygen atoms in total. The van der Waals surface area contributed by atoms with Crippen LogP contribution in [0.1, 0.15) is 31.2 Å². The summed E-state index contributed by atoms with van der Waals surface area (Å²) >= 11 is 0. The van der Waals surface area contributed by atoms with E-state index in [0.717, 1.165) is 31.2 Å². The first kappa shape index (κ1) is 16.1. The molecule has 2 aromatic rings. The fourth-order valence-corrected chi connectivity index (χ4v) is 2.01. The number of pyridine rings is 1. The van der Waals surface area contributed by atoms with Crippen LogP contribution in [0.5, 0.6) is 0 Å². The summed E-state index contributed by atoms with van der Waals surface area (Å²) < 4.78 is 13.2. The molecule has 0 aliphatic heterocycles. The molecule has 0 saturated heterocycles. The zero-order valence-corrected chi connectivity index (χ0v) is 13.2. The molecule has 2 heterocycles. The normalized spacial score (nSPS) is 13.1. The predicted octanol–water partition coefficient (Wildman–Crippen LogP) is 2.42. The van der Waals surface area contributed by atoms with E-state index >= 15 is 0 Å². The number of anilines is 3. The maximum atomic E-state index is 13.2. The Morgan fingerprint density at radius 2 is 2.17 bits per heavy atom. The predicted molar refractivity (Wildman–Crippen MR) is 91.3 cm³/mol. The van der Waals surface area contributed by atoms with Crippen LogP contribution < -0.4 is 16.4 Å². The van der Waals surface area contributed by atoms with Crippen LogP contribution in [-0.4, -0.2) is 27.5 Å². The van der Waals surface area contributed by atoms with Crippen molar-refractivity contribution in [2.45, 2.75) is 31.7 Å². The summed E-state index contributed by atoms with van der Waals surface area (Å²) in [6.45, 7) is 0.627. The Hall–Kier alpha value is -2.72. The van der Waals surface area contributed by atoms with Gasteiger partial charge in [-0.25, -0.2) is 9.97 Å². The molecule has 0 aromatic carbocycles. The Morgan fingerprint density at radius 3 is 2.92 bits per heavy atom. The molecule has 4 N–H and O–H groups in total. The van der Waals surface area contributed by atoms with Gasteiger partial charge in [0.1, 0.15) is 11.6 Å². The van der Waals surface area contributed by atoms with Crippen molar-refractivity contribution in [3.05, 3.63) is 35.9 Å². The van der Waals surface area contributed by atoms with Gasteiger partial charge in [0.05, 0.1) is 11.8 Å².